The summed E-state index contributed by atoms with van der Waals surface area (Å²) >= 11 is 6.06. The number of aromatic nitrogens is 2. The summed E-state index contributed by atoms with van der Waals surface area (Å²) in [6, 6.07) is 14.9. The van der Waals surface area contributed by atoms with E-state index in [1.165, 1.54) is 0 Å². The maximum atomic E-state index is 13.1. The monoisotopic (exact) mass is 364 g/mol. The standard InChI is InChI=1S/C20H17ClN4O/c21-15-6-7-18-14(12-15)8-11-25(18)20(26)17-5-3-10-23-19(17)24-13-16-4-1-2-9-22-16/h1-7,9-10,12H,8,11,13H2,(H,23,24). The summed E-state index contributed by atoms with van der Waals surface area (Å²) in [7, 11) is 0. The minimum Gasteiger partial charge on any atom is -0.364 e. The normalized spacial score (nSPS) is 12.7. The Kier molecular flexibility index (Phi) is 4.54. The van der Waals surface area contributed by atoms with Gasteiger partial charge in [0.15, 0.2) is 0 Å². The zero-order valence-corrected chi connectivity index (χ0v) is 14.8. The molecule has 0 atom stereocenters. The van der Waals surface area contributed by atoms with Crippen LogP contribution in [0.2, 0.25) is 5.02 Å². The molecule has 0 aliphatic carbocycles. The molecular weight excluding hydrogens is 348 g/mol. The Labute approximate surface area is 156 Å². The Morgan fingerprint density at radius 2 is 2.00 bits per heavy atom. The molecule has 1 aromatic carbocycles. The van der Waals surface area contributed by atoms with Gasteiger partial charge in [0.2, 0.25) is 0 Å². The molecule has 3 heterocycles. The van der Waals surface area contributed by atoms with Crippen molar-refractivity contribution in [2.24, 2.45) is 0 Å². The van der Waals surface area contributed by atoms with Crippen molar-refractivity contribution in [1.82, 2.24) is 9.97 Å². The highest BCUT2D eigenvalue weighted by atomic mass is 35.5. The summed E-state index contributed by atoms with van der Waals surface area (Å²) in [4.78, 5) is 23.5. The Morgan fingerprint density at radius 3 is 2.85 bits per heavy atom. The molecule has 1 N–H and O–H groups in total. The topological polar surface area (TPSA) is 58.1 Å². The average Bonchev–Trinajstić information content (AvgIpc) is 3.10. The van der Waals surface area contributed by atoms with Crippen molar-refractivity contribution in [3.05, 3.63) is 82.8 Å². The molecule has 0 radical (unpaired) electrons. The van der Waals surface area contributed by atoms with Gasteiger partial charge in [0.05, 0.1) is 17.8 Å². The molecule has 0 bridgehead atoms. The van der Waals surface area contributed by atoms with Crippen molar-refractivity contribution < 1.29 is 4.79 Å². The number of nitrogens with one attached hydrogen (secondary N) is 1. The predicted molar refractivity (Wildman–Crippen MR) is 103 cm³/mol. The lowest BCUT2D eigenvalue weighted by Gasteiger charge is -2.19. The number of nitrogens with zero attached hydrogens (tertiary/aromatic N) is 3. The van der Waals surface area contributed by atoms with Gasteiger partial charge < -0.3 is 10.2 Å². The van der Waals surface area contributed by atoms with Gasteiger partial charge in [0.25, 0.3) is 5.91 Å². The van der Waals surface area contributed by atoms with E-state index in [4.69, 9.17) is 11.6 Å². The molecule has 0 spiro atoms. The lowest BCUT2D eigenvalue weighted by atomic mass is 10.1. The highest BCUT2D eigenvalue weighted by molar-refractivity contribution is 6.30. The molecule has 0 saturated carbocycles. The summed E-state index contributed by atoms with van der Waals surface area (Å²) in [5.74, 6) is 0.494. The summed E-state index contributed by atoms with van der Waals surface area (Å²) in [5.41, 5.74) is 3.45. The van der Waals surface area contributed by atoms with Crippen molar-refractivity contribution in [3.63, 3.8) is 0 Å². The molecule has 5 nitrogen and oxygen atoms in total. The largest absolute Gasteiger partial charge is 0.364 e. The summed E-state index contributed by atoms with van der Waals surface area (Å²) in [6.07, 6.45) is 4.22. The maximum Gasteiger partial charge on any atom is 0.262 e. The van der Waals surface area contributed by atoms with Crippen LogP contribution < -0.4 is 10.2 Å². The molecule has 130 valence electrons. The average molecular weight is 365 g/mol. The van der Waals surface area contributed by atoms with Crippen LogP contribution >= 0.6 is 11.6 Å². The lowest BCUT2D eigenvalue weighted by Crippen LogP contribution is -2.29. The van der Waals surface area contributed by atoms with Gasteiger partial charge in [0.1, 0.15) is 5.82 Å². The predicted octanol–water partition coefficient (Wildman–Crippen LogP) is 3.95. The zero-order chi connectivity index (χ0) is 17.9. The zero-order valence-electron chi connectivity index (χ0n) is 14.0. The van der Waals surface area contributed by atoms with Crippen molar-refractivity contribution >= 4 is 29.0 Å². The van der Waals surface area contributed by atoms with Crippen LogP contribution in [0.1, 0.15) is 21.6 Å². The van der Waals surface area contributed by atoms with Crippen molar-refractivity contribution in [1.29, 1.82) is 0 Å². The summed E-state index contributed by atoms with van der Waals surface area (Å²) in [5, 5.41) is 3.92. The second-order valence-corrected chi connectivity index (χ2v) is 6.49. The van der Waals surface area contributed by atoms with Gasteiger partial charge in [-0.15, -0.1) is 0 Å². The molecule has 1 aliphatic rings. The highest BCUT2D eigenvalue weighted by Gasteiger charge is 2.27. The molecule has 6 heteroatoms. The van der Waals surface area contributed by atoms with Crippen LogP contribution in [-0.2, 0) is 13.0 Å². The van der Waals surface area contributed by atoms with E-state index in [2.05, 4.69) is 15.3 Å². The fraction of sp³-hybridized carbons (Fsp3) is 0.150. The number of carbonyl (C=O) groups is 1. The molecule has 3 aromatic rings. The maximum absolute atomic E-state index is 13.1. The number of hydrogen-bond acceptors (Lipinski definition) is 4. The van der Waals surface area contributed by atoms with E-state index >= 15 is 0 Å². The summed E-state index contributed by atoms with van der Waals surface area (Å²) < 4.78 is 0. The number of hydrogen-bond donors (Lipinski definition) is 1. The molecule has 2 aromatic heterocycles. The number of anilines is 2. The minimum atomic E-state index is -0.0670. The first kappa shape index (κ1) is 16.5. The van der Waals surface area contributed by atoms with Gasteiger partial charge >= 0.3 is 0 Å². The first-order valence-electron chi connectivity index (χ1n) is 8.41. The quantitative estimate of drug-likeness (QED) is 0.761. The van der Waals surface area contributed by atoms with Crippen LogP contribution in [0.4, 0.5) is 11.5 Å². The van der Waals surface area contributed by atoms with Gasteiger partial charge in [-0.1, -0.05) is 17.7 Å². The number of halogens is 1. The van der Waals surface area contributed by atoms with Crippen LogP contribution in [0.15, 0.2) is 60.9 Å². The van der Waals surface area contributed by atoms with E-state index in [0.29, 0.717) is 29.5 Å². The van der Waals surface area contributed by atoms with Crippen molar-refractivity contribution in [2.45, 2.75) is 13.0 Å². The molecule has 1 aliphatic heterocycles. The number of rotatable bonds is 4. The number of carbonyl (C=O) groups excluding carboxylic acids is 1. The molecule has 0 saturated heterocycles. The number of benzene rings is 1. The molecular formula is C20H17ClN4O. The Bertz CT molecular complexity index is 946. The van der Waals surface area contributed by atoms with Crippen LogP contribution in [0.3, 0.4) is 0 Å². The van der Waals surface area contributed by atoms with Crippen molar-refractivity contribution in [2.75, 3.05) is 16.8 Å². The smallest absolute Gasteiger partial charge is 0.262 e. The fourth-order valence-electron chi connectivity index (χ4n) is 3.12. The van der Waals surface area contributed by atoms with E-state index in [0.717, 1.165) is 23.4 Å². The van der Waals surface area contributed by atoms with Gasteiger partial charge in [-0.05, 0) is 54.4 Å². The lowest BCUT2D eigenvalue weighted by molar-refractivity contribution is 0.0990. The van der Waals surface area contributed by atoms with Crippen LogP contribution in [-0.4, -0.2) is 22.4 Å². The van der Waals surface area contributed by atoms with E-state index in [1.807, 2.05) is 36.4 Å². The number of pyridine rings is 2. The van der Waals surface area contributed by atoms with Gasteiger partial charge in [-0.25, -0.2) is 4.98 Å². The van der Waals surface area contributed by atoms with E-state index in [9.17, 15) is 4.79 Å². The van der Waals surface area contributed by atoms with Gasteiger partial charge in [0, 0.05) is 29.6 Å². The Balaban J connectivity index is 1.58. The third-order valence-corrected chi connectivity index (χ3v) is 4.62. The van der Waals surface area contributed by atoms with Crippen LogP contribution in [0.25, 0.3) is 0 Å². The summed E-state index contributed by atoms with van der Waals surface area (Å²) in [6.45, 7) is 1.15. The first-order chi connectivity index (χ1) is 12.7. The molecule has 1 amide bonds. The molecule has 4 rings (SSSR count). The molecule has 0 fully saturated rings. The number of fused-ring (bicyclic) bond motifs is 1. The second kappa shape index (κ2) is 7.14. The van der Waals surface area contributed by atoms with Gasteiger partial charge in [-0.3, -0.25) is 9.78 Å². The SMILES string of the molecule is O=C(c1cccnc1NCc1ccccn1)N1CCc2cc(Cl)ccc21. The molecule has 0 unspecified atom stereocenters. The third kappa shape index (κ3) is 3.26. The fourth-order valence-corrected chi connectivity index (χ4v) is 3.32. The van der Waals surface area contributed by atoms with Crippen LogP contribution in [0, 0.1) is 0 Å². The third-order valence-electron chi connectivity index (χ3n) is 4.38. The van der Waals surface area contributed by atoms with E-state index < -0.39 is 0 Å². The van der Waals surface area contributed by atoms with Crippen LogP contribution in [0.5, 0.6) is 0 Å². The molecule has 26 heavy (non-hydrogen) atoms. The minimum absolute atomic E-state index is 0.0670. The van der Waals surface area contributed by atoms with E-state index in [1.54, 1.807) is 29.4 Å². The first-order valence-corrected chi connectivity index (χ1v) is 8.79. The highest BCUT2D eigenvalue weighted by Crippen LogP contribution is 2.32. The Hall–Kier alpha value is -2.92. The van der Waals surface area contributed by atoms with Gasteiger partial charge in [-0.2, -0.15) is 0 Å². The second-order valence-electron chi connectivity index (χ2n) is 6.05. The Morgan fingerprint density at radius 1 is 1.12 bits per heavy atom. The van der Waals surface area contributed by atoms with Crippen molar-refractivity contribution in [3.8, 4) is 0 Å². The number of amides is 1. The van der Waals surface area contributed by atoms with E-state index in [-0.39, 0.29) is 5.91 Å².